The molecule has 0 unspecified atom stereocenters. The Morgan fingerprint density at radius 3 is 1.79 bits per heavy atom. The Morgan fingerprint density at radius 1 is 0.759 bits per heavy atom. The maximum Gasteiger partial charge on any atom is 0.306 e. The Labute approximate surface area is 175 Å². The summed E-state index contributed by atoms with van der Waals surface area (Å²) in [6.07, 6.45) is 5.60. The Morgan fingerprint density at radius 2 is 1.28 bits per heavy atom. The molecule has 0 fully saturated rings. The second kappa shape index (κ2) is 14.8. The lowest BCUT2D eigenvalue weighted by Gasteiger charge is -2.18. The molecule has 0 heterocycles. The molecule has 0 N–H and O–H groups in total. The number of ether oxygens (including phenoxy) is 3. The van der Waals surface area contributed by atoms with E-state index in [1.165, 1.54) is 19.3 Å². The highest BCUT2D eigenvalue weighted by atomic mass is 16.6. The van der Waals surface area contributed by atoms with E-state index in [0.29, 0.717) is 32.8 Å². The van der Waals surface area contributed by atoms with Crippen molar-refractivity contribution in [2.45, 2.75) is 64.8 Å². The molecule has 0 radical (unpaired) electrons. The molecule has 0 bridgehead atoms. The highest BCUT2D eigenvalue weighted by molar-refractivity contribution is 5.69. The normalized spacial score (nSPS) is 11.0. The number of rotatable bonds is 15. The van der Waals surface area contributed by atoms with Crippen LogP contribution in [0.5, 0.6) is 0 Å². The molecule has 0 aliphatic carbocycles. The van der Waals surface area contributed by atoms with Gasteiger partial charge >= 0.3 is 5.97 Å². The van der Waals surface area contributed by atoms with Gasteiger partial charge in [0.15, 0.2) is 0 Å². The lowest BCUT2D eigenvalue weighted by molar-refractivity contribution is -0.157. The van der Waals surface area contributed by atoms with Gasteiger partial charge < -0.3 is 14.2 Å². The standard InChI is InChI=1S/C25H34O4/c1-2-3-4-5-12-17-25(26)29-24(20-27-18-22-13-8-6-9-14-22)21-28-19-23-15-10-7-11-16-23/h6-11,13-16,24H,2-5,12,17-21H2,1H3. The van der Waals surface area contributed by atoms with Gasteiger partial charge in [-0.15, -0.1) is 0 Å². The highest BCUT2D eigenvalue weighted by Gasteiger charge is 2.15. The van der Waals surface area contributed by atoms with Gasteiger partial charge in [-0.3, -0.25) is 4.79 Å². The topological polar surface area (TPSA) is 44.8 Å². The van der Waals surface area contributed by atoms with Crippen molar-refractivity contribution in [2.75, 3.05) is 13.2 Å². The third-order valence-electron chi connectivity index (χ3n) is 4.61. The van der Waals surface area contributed by atoms with Gasteiger partial charge in [0.2, 0.25) is 0 Å². The van der Waals surface area contributed by atoms with E-state index in [9.17, 15) is 4.79 Å². The van der Waals surface area contributed by atoms with E-state index in [1.807, 2.05) is 60.7 Å². The van der Waals surface area contributed by atoms with Crippen LogP contribution in [0.1, 0.15) is 56.6 Å². The minimum atomic E-state index is -0.398. The highest BCUT2D eigenvalue weighted by Crippen LogP contribution is 2.09. The zero-order valence-electron chi connectivity index (χ0n) is 17.6. The Kier molecular flexibility index (Phi) is 11.8. The third-order valence-corrected chi connectivity index (χ3v) is 4.61. The molecule has 0 atom stereocenters. The molecule has 29 heavy (non-hydrogen) atoms. The number of esters is 1. The molecule has 0 spiro atoms. The Bertz CT molecular complexity index is 612. The van der Waals surface area contributed by atoms with Crippen molar-refractivity contribution in [3.63, 3.8) is 0 Å². The number of hydrogen-bond donors (Lipinski definition) is 0. The van der Waals surface area contributed by atoms with Gasteiger partial charge in [0.1, 0.15) is 6.10 Å². The maximum absolute atomic E-state index is 12.2. The first-order valence-electron chi connectivity index (χ1n) is 10.7. The zero-order valence-corrected chi connectivity index (χ0v) is 17.6. The lowest BCUT2D eigenvalue weighted by Crippen LogP contribution is -2.28. The van der Waals surface area contributed by atoms with Crippen LogP contribution in [0.15, 0.2) is 60.7 Å². The van der Waals surface area contributed by atoms with Crippen LogP contribution in [0.2, 0.25) is 0 Å². The van der Waals surface area contributed by atoms with Crippen LogP contribution in [0.25, 0.3) is 0 Å². The quantitative estimate of drug-likeness (QED) is 0.285. The largest absolute Gasteiger partial charge is 0.457 e. The van der Waals surface area contributed by atoms with E-state index in [2.05, 4.69) is 6.92 Å². The van der Waals surface area contributed by atoms with Crippen LogP contribution < -0.4 is 0 Å². The van der Waals surface area contributed by atoms with Crippen molar-refractivity contribution in [3.8, 4) is 0 Å². The van der Waals surface area contributed by atoms with Gasteiger partial charge in [-0.1, -0.05) is 93.3 Å². The van der Waals surface area contributed by atoms with E-state index in [4.69, 9.17) is 14.2 Å². The van der Waals surface area contributed by atoms with E-state index >= 15 is 0 Å². The first-order valence-corrected chi connectivity index (χ1v) is 10.7. The Hall–Kier alpha value is -2.17. The first kappa shape index (κ1) is 23.1. The molecule has 2 aromatic rings. The van der Waals surface area contributed by atoms with Crippen LogP contribution in [0, 0.1) is 0 Å². The number of carbonyl (C=O) groups is 1. The molecule has 4 nitrogen and oxygen atoms in total. The van der Waals surface area contributed by atoms with Crippen LogP contribution in [0.4, 0.5) is 0 Å². The maximum atomic E-state index is 12.2. The summed E-state index contributed by atoms with van der Waals surface area (Å²) in [5.41, 5.74) is 2.19. The number of hydrogen-bond acceptors (Lipinski definition) is 4. The van der Waals surface area contributed by atoms with Gasteiger partial charge in [0, 0.05) is 6.42 Å². The second-order valence-electron chi connectivity index (χ2n) is 7.28. The number of unbranched alkanes of at least 4 members (excludes halogenated alkanes) is 4. The van der Waals surface area contributed by atoms with Crippen molar-refractivity contribution in [2.24, 2.45) is 0 Å². The number of benzene rings is 2. The molecule has 0 amide bonds. The fraction of sp³-hybridized carbons (Fsp3) is 0.480. The van der Waals surface area contributed by atoms with Gasteiger partial charge in [-0.25, -0.2) is 0 Å². The summed E-state index contributed by atoms with van der Waals surface area (Å²) in [6, 6.07) is 20.0. The predicted molar refractivity (Wildman–Crippen MR) is 115 cm³/mol. The van der Waals surface area contributed by atoms with Gasteiger partial charge in [-0.05, 0) is 17.5 Å². The predicted octanol–water partition coefficient (Wildman–Crippen LogP) is 5.69. The average molecular weight is 399 g/mol. The van der Waals surface area contributed by atoms with Crippen LogP contribution >= 0.6 is 0 Å². The third kappa shape index (κ3) is 10.8. The van der Waals surface area contributed by atoms with Crippen molar-refractivity contribution < 1.29 is 19.0 Å². The van der Waals surface area contributed by atoms with E-state index in [1.54, 1.807) is 0 Å². The van der Waals surface area contributed by atoms with Crippen molar-refractivity contribution in [3.05, 3.63) is 71.8 Å². The molecular formula is C25H34O4. The van der Waals surface area contributed by atoms with Crippen molar-refractivity contribution in [1.29, 1.82) is 0 Å². The van der Waals surface area contributed by atoms with Crippen LogP contribution in [-0.4, -0.2) is 25.3 Å². The summed E-state index contributed by atoms with van der Waals surface area (Å²) >= 11 is 0. The second-order valence-corrected chi connectivity index (χ2v) is 7.28. The van der Waals surface area contributed by atoms with Crippen LogP contribution in [0.3, 0.4) is 0 Å². The molecule has 0 saturated carbocycles. The molecule has 158 valence electrons. The minimum absolute atomic E-state index is 0.168. The fourth-order valence-electron chi connectivity index (χ4n) is 3.00. The molecule has 0 aliphatic heterocycles. The monoisotopic (exact) mass is 398 g/mol. The molecule has 2 aromatic carbocycles. The first-order chi connectivity index (χ1) is 14.3. The summed E-state index contributed by atoms with van der Waals surface area (Å²) in [4.78, 5) is 12.2. The SMILES string of the molecule is CCCCCCCC(=O)OC(COCc1ccccc1)COCc1ccccc1. The molecule has 2 rings (SSSR count). The smallest absolute Gasteiger partial charge is 0.306 e. The van der Waals surface area contributed by atoms with Crippen molar-refractivity contribution in [1.82, 2.24) is 0 Å². The molecule has 4 heteroatoms. The summed E-state index contributed by atoms with van der Waals surface area (Å²) in [6.45, 7) is 3.81. The number of carbonyl (C=O) groups excluding carboxylic acids is 1. The van der Waals surface area contributed by atoms with E-state index < -0.39 is 6.10 Å². The zero-order chi connectivity index (χ0) is 20.6. The summed E-state index contributed by atoms with van der Waals surface area (Å²) in [5.74, 6) is -0.168. The van der Waals surface area contributed by atoms with Crippen LogP contribution in [-0.2, 0) is 32.2 Å². The average Bonchev–Trinajstić information content (AvgIpc) is 2.75. The fourth-order valence-corrected chi connectivity index (χ4v) is 3.00. The van der Waals surface area contributed by atoms with E-state index in [-0.39, 0.29) is 5.97 Å². The molecule has 0 saturated heterocycles. The lowest BCUT2D eigenvalue weighted by atomic mass is 10.1. The molecule has 0 aromatic heterocycles. The Balaban J connectivity index is 1.75. The summed E-state index contributed by atoms with van der Waals surface area (Å²) < 4.78 is 17.2. The summed E-state index contributed by atoms with van der Waals surface area (Å²) in [5, 5.41) is 0. The van der Waals surface area contributed by atoms with Gasteiger partial charge in [-0.2, -0.15) is 0 Å². The summed E-state index contributed by atoms with van der Waals surface area (Å²) in [7, 11) is 0. The minimum Gasteiger partial charge on any atom is -0.457 e. The molecular weight excluding hydrogens is 364 g/mol. The molecule has 0 aliphatic rings. The van der Waals surface area contributed by atoms with Gasteiger partial charge in [0.05, 0.1) is 26.4 Å². The van der Waals surface area contributed by atoms with Crippen molar-refractivity contribution >= 4 is 5.97 Å². The van der Waals surface area contributed by atoms with E-state index in [0.717, 1.165) is 24.0 Å². The van der Waals surface area contributed by atoms with Gasteiger partial charge in [0.25, 0.3) is 0 Å².